The van der Waals surface area contributed by atoms with Crippen molar-refractivity contribution in [3.63, 3.8) is 0 Å². The van der Waals surface area contributed by atoms with Crippen molar-refractivity contribution in [2.45, 2.75) is 16.3 Å². The monoisotopic (exact) mass is 536 g/mol. The van der Waals surface area contributed by atoms with Crippen LogP contribution in [0.1, 0.15) is 15.9 Å². The van der Waals surface area contributed by atoms with E-state index in [2.05, 4.69) is 0 Å². The fourth-order valence-corrected chi connectivity index (χ4v) is 4.81. The van der Waals surface area contributed by atoms with Crippen LogP contribution in [0, 0.1) is 15.9 Å². The number of anilines is 1. The summed E-state index contributed by atoms with van der Waals surface area (Å²) in [5.41, 5.74) is 1.10. The Labute approximate surface area is 220 Å². The van der Waals surface area contributed by atoms with E-state index >= 15 is 0 Å². The zero-order valence-corrected chi connectivity index (χ0v) is 20.7. The summed E-state index contributed by atoms with van der Waals surface area (Å²) in [4.78, 5) is 27.6. The molecule has 37 heavy (non-hydrogen) atoms. The van der Waals surface area contributed by atoms with Gasteiger partial charge in [0.1, 0.15) is 5.82 Å². The number of hydrogen-bond donors (Lipinski definition) is 0. The second-order valence-corrected chi connectivity index (χ2v) is 9.60. The lowest BCUT2D eigenvalue weighted by Gasteiger charge is -2.23. The molecular weight excluding hydrogens is 519 g/mol. The Kier molecular flexibility index (Phi) is 6.98. The van der Waals surface area contributed by atoms with Crippen LogP contribution in [0.15, 0.2) is 94.7 Å². The molecule has 186 valence electrons. The van der Waals surface area contributed by atoms with Gasteiger partial charge in [-0.05, 0) is 78.4 Å². The van der Waals surface area contributed by atoms with Crippen LogP contribution in [0.5, 0.6) is 11.5 Å². The van der Waals surface area contributed by atoms with Gasteiger partial charge < -0.3 is 14.4 Å². The van der Waals surface area contributed by atoms with E-state index in [0.717, 1.165) is 10.5 Å². The first-order chi connectivity index (χ1) is 17.9. The number of nitro groups is 1. The van der Waals surface area contributed by atoms with Gasteiger partial charge in [-0.15, -0.1) is 0 Å². The van der Waals surface area contributed by atoms with Crippen LogP contribution in [0.3, 0.4) is 0 Å². The lowest BCUT2D eigenvalue weighted by Crippen LogP contribution is -2.30. The molecule has 1 aliphatic rings. The molecule has 0 spiro atoms. The highest BCUT2D eigenvalue weighted by Crippen LogP contribution is 2.37. The Morgan fingerprint density at radius 1 is 0.973 bits per heavy atom. The Morgan fingerprint density at radius 2 is 1.70 bits per heavy atom. The summed E-state index contributed by atoms with van der Waals surface area (Å²) >= 11 is 7.13. The number of carbonyl (C=O) groups excluding carboxylic acids is 1. The Hall–Kier alpha value is -4.08. The lowest BCUT2D eigenvalue weighted by atomic mass is 10.1. The van der Waals surface area contributed by atoms with E-state index in [9.17, 15) is 19.3 Å². The van der Waals surface area contributed by atoms with E-state index in [4.69, 9.17) is 21.1 Å². The molecule has 0 unspecified atom stereocenters. The molecule has 1 aliphatic heterocycles. The van der Waals surface area contributed by atoms with Crippen LogP contribution in [0.25, 0.3) is 0 Å². The number of amides is 1. The quantitative estimate of drug-likeness (QED) is 0.185. The minimum absolute atomic E-state index is 0.115. The number of fused-ring (bicyclic) bond motifs is 1. The molecule has 0 aromatic heterocycles. The first kappa shape index (κ1) is 24.6. The van der Waals surface area contributed by atoms with E-state index in [0.29, 0.717) is 27.1 Å². The number of halogens is 2. The van der Waals surface area contributed by atoms with Gasteiger partial charge in [-0.1, -0.05) is 29.4 Å². The maximum atomic E-state index is 13.7. The number of hydrogen-bond acceptors (Lipinski definition) is 6. The van der Waals surface area contributed by atoms with Gasteiger partial charge in [-0.3, -0.25) is 14.9 Å². The van der Waals surface area contributed by atoms with Gasteiger partial charge >= 0.3 is 0 Å². The van der Waals surface area contributed by atoms with Gasteiger partial charge in [0.15, 0.2) is 11.5 Å². The predicted molar refractivity (Wildman–Crippen MR) is 138 cm³/mol. The normalized spacial score (nSPS) is 11.8. The predicted octanol–water partition coefficient (Wildman–Crippen LogP) is 7.11. The molecule has 0 saturated carbocycles. The number of rotatable bonds is 7. The fourth-order valence-electron chi connectivity index (χ4n) is 3.79. The lowest BCUT2D eigenvalue weighted by molar-refractivity contribution is -0.387. The number of nitrogens with zero attached hydrogens (tertiary/aromatic N) is 2. The van der Waals surface area contributed by atoms with Gasteiger partial charge in [-0.2, -0.15) is 0 Å². The number of benzene rings is 4. The zero-order chi connectivity index (χ0) is 25.9. The summed E-state index contributed by atoms with van der Waals surface area (Å²) in [6.07, 6.45) is 0. The summed E-state index contributed by atoms with van der Waals surface area (Å²) < 4.78 is 24.4. The van der Waals surface area contributed by atoms with Crippen molar-refractivity contribution in [3.05, 3.63) is 117 Å². The van der Waals surface area contributed by atoms with Crippen molar-refractivity contribution in [3.8, 4) is 11.5 Å². The maximum Gasteiger partial charge on any atom is 0.284 e. The number of carbonyl (C=O) groups is 1. The molecule has 4 aromatic carbocycles. The highest BCUT2D eigenvalue weighted by Gasteiger charge is 2.24. The molecule has 0 N–H and O–H groups in total. The van der Waals surface area contributed by atoms with Crippen LogP contribution in [0.2, 0.25) is 5.02 Å². The molecule has 0 bridgehead atoms. The first-order valence-corrected chi connectivity index (χ1v) is 12.2. The SMILES string of the molecule is O=C(c1ccc(Sc2ccc(Cl)cc2)c([N+](=O)[O-])c1)N(Cc1ccc2c(c1)OCO2)c1ccc(F)cc1. The van der Waals surface area contributed by atoms with Crippen molar-refractivity contribution >= 4 is 40.6 Å². The molecule has 0 saturated heterocycles. The second-order valence-electron chi connectivity index (χ2n) is 8.05. The topological polar surface area (TPSA) is 81.9 Å². The molecule has 5 rings (SSSR count). The van der Waals surface area contributed by atoms with Gasteiger partial charge in [0.25, 0.3) is 11.6 Å². The van der Waals surface area contributed by atoms with Gasteiger partial charge in [0.2, 0.25) is 6.79 Å². The van der Waals surface area contributed by atoms with Gasteiger partial charge in [-0.25, -0.2) is 4.39 Å². The summed E-state index contributed by atoms with van der Waals surface area (Å²) in [7, 11) is 0. The maximum absolute atomic E-state index is 13.7. The van der Waals surface area contributed by atoms with E-state index in [1.165, 1.54) is 47.0 Å². The summed E-state index contributed by atoms with van der Waals surface area (Å²) in [6.45, 7) is 0.236. The minimum Gasteiger partial charge on any atom is -0.454 e. The second kappa shape index (κ2) is 10.5. The Balaban J connectivity index is 1.48. The summed E-state index contributed by atoms with van der Waals surface area (Å²) in [5.74, 6) is 0.241. The molecule has 1 amide bonds. The smallest absolute Gasteiger partial charge is 0.284 e. The Morgan fingerprint density at radius 3 is 2.43 bits per heavy atom. The third-order valence-corrected chi connectivity index (χ3v) is 6.93. The van der Waals surface area contributed by atoms with Crippen LogP contribution in [-0.2, 0) is 6.54 Å². The highest BCUT2D eigenvalue weighted by atomic mass is 35.5. The van der Waals surface area contributed by atoms with Gasteiger partial charge in [0.05, 0.1) is 16.4 Å². The molecule has 0 fully saturated rings. The molecule has 7 nitrogen and oxygen atoms in total. The van der Waals surface area contributed by atoms with Crippen LogP contribution >= 0.6 is 23.4 Å². The number of ether oxygens (including phenoxy) is 2. The summed E-state index contributed by atoms with van der Waals surface area (Å²) in [5, 5.41) is 12.5. The summed E-state index contributed by atoms with van der Waals surface area (Å²) in [6, 6.07) is 22.1. The van der Waals surface area contributed by atoms with Gasteiger partial charge in [0, 0.05) is 27.2 Å². The molecule has 4 aromatic rings. The van der Waals surface area contributed by atoms with Crippen LogP contribution in [-0.4, -0.2) is 17.6 Å². The average Bonchev–Trinajstić information content (AvgIpc) is 3.37. The Bertz CT molecular complexity index is 1480. The molecule has 0 aliphatic carbocycles. The van der Waals surface area contributed by atoms with Crippen molar-refractivity contribution in [1.29, 1.82) is 0 Å². The van der Waals surface area contributed by atoms with Crippen LogP contribution in [0.4, 0.5) is 15.8 Å². The first-order valence-electron chi connectivity index (χ1n) is 11.1. The van der Waals surface area contributed by atoms with E-state index < -0.39 is 16.6 Å². The molecule has 0 atom stereocenters. The van der Waals surface area contributed by atoms with E-state index in [1.54, 1.807) is 54.6 Å². The van der Waals surface area contributed by atoms with Crippen molar-refractivity contribution in [2.75, 3.05) is 11.7 Å². The third-order valence-electron chi connectivity index (χ3n) is 5.61. The molecule has 1 heterocycles. The molecule has 0 radical (unpaired) electrons. The van der Waals surface area contributed by atoms with Crippen molar-refractivity contribution in [1.82, 2.24) is 0 Å². The molecular formula is C27H18ClFN2O5S. The van der Waals surface area contributed by atoms with E-state index in [1.807, 2.05) is 0 Å². The van der Waals surface area contributed by atoms with Crippen molar-refractivity contribution < 1.29 is 23.6 Å². The third kappa shape index (κ3) is 5.52. The highest BCUT2D eigenvalue weighted by molar-refractivity contribution is 7.99. The number of nitro benzene ring substituents is 1. The molecule has 10 heteroatoms. The zero-order valence-electron chi connectivity index (χ0n) is 19.1. The van der Waals surface area contributed by atoms with Crippen molar-refractivity contribution in [2.24, 2.45) is 0 Å². The fraction of sp³-hybridized carbons (Fsp3) is 0.0741. The van der Waals surface area contributed by atoms with Crippen LogP contribution < -0.4 is 14.4 Å². The minimum atomic E-state index is -0.519. The standard InChI is InChI=1S/C27H18ClFN2O5S/c28-19-3-9-22(10-4-19)37-26-12-2-18(14-23(26)31(33)34)27(32)30(21-7-5-20(29)6-8-21)15-17-1-11-24-25(13-17)36-16-35-24/h1-14H,15-16H2. The average molecular weight is 537 g/mol. The van der Waals surface area contributed by atoms with E-state index in [-0.39, 0.29) is 24.6 Å². The largest absolute Gasteiger partial charge is 0.454 e.